The molecule has 0 spiro atoms. The van der Waals surface area contributed by atoms with Crippen LogP contribution >= 0.6 is 0 Å². The van der Waals surface area contributed by atoms with Gasteiger partial charge in [-0.1, -0.05) is 31.1 Å². The minimum Gasteiger partial charge on any atom is -0.393 e. The van der Waals surface area contributed by atoms with Crippen LogP contribution in [0.15, 0.2) is 22.8 Å². The molecule has 6 atom stereocenters. The maximum absolute atomic E-state index is 13.1. The van der Waals surface area contributed by atoms with E-state index in [1.807, 2.05) is 0 Å². The monoisotopic (exact) mass is 328 g/mol. The molecule has 0 aliphatic heterocycles. The van der Waals surface area contributed by atoms with Crippen molar-refractivity contribution in [1.82, 2.24) is 0 Å². The summed E-state index contributed by atoms with van der Waals surface area (Å²) in [4.78, 5) is 13.1. The van der Waals surface area contributed by atoms with Crippen LogP contribution in [0.1, 0.15) is 72.6 Å². The molecule has 0 aromatic heterocycles. The molecule has 0 saturated heterocycles. The Balaban J connectivity index is 1.72. The zero-order valence-corrected chi connectivity index (χ0v) is 15.7. The van der Waals surface area contributed by atoms with E-state index in [-0.39, 0.29) is 16.9 Å². The first kappa shape index (κ1) is 16.6. The van der Waals surface area contributed by atoms with Gasteiger partial charge in [-0.15, -0.1) is 0 Å². The van der Waals surface area contributed by atoms with Crippen LogP contribution in [-0.4, -0.2) is 17.0 Å². The number of ketones is 1. The Morgan fingerprint density at radius 3 is 2.50 bits per heavy atom. The number of fused-ring (bicyclic) bond motifs is 5. The first-order valence-electron chi connectivity index (χ1n) is 9.86. The molecular weight excluding hydrogens is 296 g/mol. The van der Waals surface area contributed by atoms with Gasteiger partial charge in [0.2, 0.25) is 0 Å². The molecule has 0 heterocycles. The Labute approximate surface area is 146 Å². The molecule has 0 radical (unpaired) electrons. The lowest BCUT2D eigenvalue weighted by Crippen LogP contribution is -2.50. The third kappa shape index (κ3) is 2.08. The lowest BCUT2D eigenvalue weighted by atomic mass is 9.48. The van der Waals surface area contributed by atoms with Crippen molar-refractivity contribution in [2.45, 2.75) is 78.7 Å². The summed E-state index contributed by atoms with van der Waals surface area (Å²) in [5.41, 5.74) is 4.01. The molecule has 0 amide bonds. The highest BCUT2D eigenvalue weighted by Crippen LogP contribution is 2.64. The van der Waals surface area contributed by atoms with Crippen molar-refractivity contribution in [2.75, 3.05) is 0 Å². The second kappa shape index (κ2) is 5.30. The summed E-state index contributed by atoms with van der Waals surface area (Å²) in [5, 5.41) is 10.1. The number of hydrogen-bond donors (Lipinski definition) is 1. The van der Waals surface area contributed by atoms with Crippen LogP contribution in [0.4, 0.5) is 0 Å². The molecule has 3 fully saturated rings. The Morgan fingerprint density at radius 1 is 1.08 bits per heavy atom. The summed E-state index contributed by atoms with van der Waals surface area (Å²) in [5.74, 6) is 2.32. The molecule has 1 N–H and O–H groups in total. The maximum atomic E-state index is 13.1. The zero-order valence-electron chi connectivity index (χ0n) is 15.7. The molecule has 0 aromatic rings. The van der Waals surface area contributed by atoms with Gasteiger partial charge >= 0.3 is 0 Å². The van der Waals surface area contributed by atoms with Crippen molar-refractivity contribution in [2.24, 2.45) is 28.6 Å². The van der Waals surface area contributed by atoms with E-state index in [1.54, 1.807) is 0 Å². The fourth-order valence-electron chi connectivity index (χ4n) is 6.71. The van der Waals surface area contributed by atoms with Crippen LogP contribution in [0.5, 0.6) is 0 Å². The van der Waals surface area contributed by atoms with E-state index in [0.29, 0.717) is 23.5 Å². The molecular formula is C22H32O2. The highest BCUT2D eigenvalue weighted by molar-refractivity contribution is 6.03. The van der Waals surface area contributed by atoms with Gasteiger partial charge in [-0.2, -0.15) is 0 Å². The second-order valence-corrected chi connectivity index (χ2v) is 9.62. The Bertz CT molecular complexity index is 638. The van der Waals surface area contributed by atoms with Gasteiger partial charge in [-0.3, -0.25) is 4.79 Å². The highest BCUT2D eigenvalue weighted by Gasteiger charge is 2.59. The van der Waals surface area contributed by atoms with Crippen molar-refractivity contribution in [3.63, 3.8) is 0 Å². The van der Waals surface area contributed by atoms with Crippen LogP contribution in [0.3, 0.4) is 0 Å². The largest absolute Gasteiger partial charge is 0.393 e. The van der Waals surface area contributed by atoms with Gasteiger partial charge in [-0.05, 0) is 87.5 Å². The van der Waals surface area contributed by atoms with E-state index in [1.165, 1.54) is 17.6 Å². The van der Waals surface area contributed by atoms with Crippen molar-refractivity contribution in [3.05, 3.63) is 22.8 Å². The minimum absolute atomic E-state index is 0.121. The number of carbonyl (C=O) groups excluding carboxylic acids is 1. The van der Waals surface area contributed by atoms with Crippen molar-refractivity contribution in [3.8, 4) is 0 Å². The molecule has 6 unspecified atom stereocenters. The molecule has 3 saturated carbocycles. The topological polar surface area (TPSA) is 37.3 Å². The highest BCUT2D eigenvalue weighted by atomic mass is 16.3. The van der Waals surface area contributed by atoms with Gasteiger partial charge in [0, 0.05) is 5.41 Å². The molecule has 0 aromatic carbocycles. The van der Waals surface area contributed by atoms with E-state index in [2.05, 4.69) is 33.8 Å². The minimum atomic E-state index is -0.139. The standard InChI is InChI=1S/C22H32O2/c1-13(2)17-12-19-16-6-5-14-11-15(23)7-9-21(14,3)18(16)8-10-22(19,4)20(17)24/h5,15-16,18-19,23H,6-12H2,1-4H3. The van der Waals surface area contributed by atoms with Crippen molar-refractivity contribution in [1.29, 1.82) is 0 Å². The summed E-state index contributed by atoms with van der Waals surface area (Å²) in [6.07, 6.45) is 9.60. The predicted molar refractivity (Wildman–Crippen MR) is 96.5 cm³/mol. The maximum Gasteiger partial charge on any atom is 0.164 e. The van der Waals surface area contributed by atoms with Crippen molar-refractivity contribution >= 4 is 5.78 Å². The summed E-state index contributed by atoms with van der Waals surface area (Å²) >= 11 is 0. The average molecular weight is 328 g/mol. The summed E-state index contributed by atoms with van der Waals surface area (Å²) in [6.45, 7) is 8.91. The third-order valence-electron chi connectivity index (χ3n) is 8.29. The molecule has 2 heteroatoms. The number of Topliss-reactive ketones (excluding diaryl/α,β-unsaturated/α-hetero) is 1. The van der Waals surface area contributed by atoms with E-state index >= 15 is 0 Å². The normalized spacial score (nSPS) is 47.6. The Hall–Kier alpha value is -0.890. The predicted octanol–water partition coefficient (Wildman–Crippen LogP) is 4.83. The number of hydrogen-bond acceptors (Lipinski definition) is 2. The van der Waals surface area contributed by atoms with Crippen LogP contribution in [0.25, 0.3) is 0 Å². The molecule has 0 bridgehead atoms. The number of aliphatic hydroxyl groups is 1. The van der Waals surface area contributed by atoms with Crippen LogP contribution in [0.2, 0.25) is 0 Å². The van der Waals surface area contributed by atoms with E-state index in [0.717, 1.165) is 44.1 Å². The number of allylic oxidation sites excluding steroid dienone is 3. The van der Waals surface area contributed by atoms with Gasteiger partial charge in [0.15, 0.2) is 5.78 Å². The van der Waals surface area contributed by atoms with Crippen LogP contribution < -0.4 is 0 Å². The summed E-state index contributed by atoms with van der Waals surface area (Å²) in [7, 11) is 0. The van der Waals surface area contributed by atoms with Crippen LogP contribution in [-0.2, 0) is 4.79 Å². The smallest absolute Gasteiger partial charge is 0.164 e. The van der Waals surface area contributed by atoms with Gasteiger partial charge in [0.1, 0.15) is 0 Å². The van der Waals surface area contributed by atoms with Gasteiger partial charge in [0.05, 0.1) is 6.10 Å². The quantitative estimate of drug-likeness (QED) is 0.511. The molecule has 2 nitrogen and oxygen atoms in total. The van der Waals surface area contributed by atoms with E-state index < -0.39 is 0 Å². The number of carbonyl (C=O) groups is 1. The molecule has 4 aliphatic rings. The SMILES string of the molecule is CC(C)=C1CC2C3CC=C4CC(O)CCC4(C)C3CCC2(C)C1=O. The lowest BCUT2D eigenvalue weighted by Gasteiger charge is -2.56. The van der Waals surface area contributed by atoms with Gasteiger partial charge < -0.3 is 5.11 Å². The lowest BCUT2D eigenvalue weighted by molar-refractivity contribution is -0.130. The first-order chi connectivity index (χ1) is 11.3. The average Bonchev–Trinajstić information content (AvgIpc) is 2.80. The number of aliphatic hydroxyl groups excluding tert-OH is 1. The fraction of sp³-hybridized carbons (Fsp3) is 0.773. The van der Waals surface area contributed by atoms with Crippen molar-refractivity contribution < 1.29 is 9.90 Å². The fourth-order valence-corrected chi connectivity index (χ4v) is 6.71. The Kier molecular flexibility index (Phi) is 3.66. The zero-order chi connectivity index (χ0) is 17.3. The molecule has 24 heavy (non-hydrogen) atoms. The van der Waals surface area contributed by atoms with E-state index in [9.17, 15) is 9.90 Å². The first-order valence-corrected chi connectivity index (χ1v) is 9.86. The molecule has 132 valence electrons. The van der Waals surface area contributed by atoms with Crippen LogP contribution in [0, 0.1) is 28.6 Å². The Morgan fingerprint density at radius 2 is 1.79 bits per heavy atom. The van der Waals surface area contributed by atoms with Gasteiger partial charge in [-0.25, -0.2) is 0 Å². The summed E-state index contributed by atoms with van der Waals surface area (Å²) in [6, 6.07) is 0. The molecule has 4 aliphatic carbocycles. The number of rotatable bonds is 0. The molecule has 4 rings (SSSR count). The third-order valence-corrected chi connectivity index (χ3v) is 8.29. The van der Waals surface area contributed by atoms with Gasteiger partial charge in [0.25, 0.3) is 0 Å². The summed E-state index contributed by atoms with van der Waals surface area (Å²) < 4.78 is 0. The second-order valence-electron chi connectivity index (χ2n) is 9.62. The van der Waals surface area contributed by atoms with E-state index in [4.69, 9.17) is 0 Å².